The first-order valence-corrected chi connectivity index (χ1v) is 3.58. The van der Waals surface area contributed by atoms with Gasteiger partial charge in [0.15, 0.2) is 0 Å². The lowest BCUT2D eigenvalue weighted by Crippen LogP contribution is -2.04. The Morgan fingerprint density at radius 3 is 2.67 bits per heavy atom. The molecule has 1 aromatic rings. The van der Waals surface area contributed by atoms with Crippen LogP contribution in [0.5, 0.6) is 0 Å². The number of aliphatic hydroxyl groups is 1. The van der Waals surface area contributed by atoms with Crippen LogP contribution in [0.4, 0.5) is 8.78 Å². The number of alkyl halides is 2. The molecule has 1 N–H and O–H groups in total. The average Bonchev–Trinajstić information content (AvgIpc) is 2.61. The Labute approximate surface area is 67.0 Å². The summed E-state index contributed by atoms with van der Waals surface area (Å²) in [5.74, 6) is 0.0119. The maximum Gasteiger partial charge on any atom is 0.283 e. The number of oxazole rings is 1. The molecule has 12 heavy (non-hydrogen) atoms. The van der Waals surface area contributed by atoms with Gasteiger partial charge in [0.2, 0.25) is 5.89 Å². The topological polar surface area (TPSA) is 46.3 Å². The van der Waals surface area contributed by atoms with Gasteiger partial charge >= 0.3 is 0 Å². The summed E-state index contributed by atoms with van der Waals surface area (Å²) >= 11 is 0. The minimum Gasteiger partial charge on any atom is -0.445 e. The van der Waals surface area contributed by atoms with Crippen LogP contribution < -0.4 is 0 Å². The fraction of sp³-hybridized carbons (Fsp3) is 0.571. The van der Waals surface area contributed by atoms with Gasteiger partial charge in [0.05, 0.1) is 0 Å². The lowest BCUT2D eigenvalue weighted by Gasteiger charge is -1.98. The Balaban J connectivity index is 2.25. The SMILES string of the molecule is OC1(c2nc(C(F)F)co2)CC1. The molecular weight excluding hydrogens is 168 g/mol. The molecule has 5 heteroatoms. The van der Waals surface area contributed by atoms with Crippen LogP contribution in [0.1, 0.15) is 30.9 Å². The highest BCUT2D eigenvalue weighted by Crippen LogP contribution is 2.44. The molecular formula is C7H7F2NO2. The third kappa shape index (κ3) is 1.10. The molecule has 1 fully saturated rings. The highest BCUT2D eigenvalue weighted by atomic mass is 19.3. The molecule has 1 aliphatic carbocycles. The summed E-state index contributed by atoms with van der Waals surface area (Å²) in [5, 5.41) is 9.39. The van der Waals surface area contributed by atoms with Gasteiger partial charge in [0.25, 0.3) is 6.43 Å². The lowest BCUT2D eigenvalue weighted by atomic mass is 10.3. The molecule has 1 aromatic heterocycles. The predicted octanol–water partition coefficient (Wildman–Crippen LogP) is 1.59. The van der Waals surface area contributed by atoms with Crippen molar-refractivity contribution in [2.24, 2.45) is 0 Å². The molecule has 0 atom stereocenters. The molecule has 1 heterocycles. The molecule has 2 rings (SSSR count). The normalized spacial score (nSPS) is 20.0. The number of aromatic nitrogens is 1. The van der Waals surface area contributed by atoms with Crippen LogP contribution in [-0.4, -0.2) is 10.1 Å². The molecule has 0 radical (unpaired) electrons. The van der Waals surface area contributed by atoms with E-state index in [0.29, 0.717) is 12.8 Å². The zero-order valence-corrected chi connectivity index (χ0v) is 6.13. The Hall–Kier alpha value is -0.970. The van der Waals surface area contributed by atoms with Crippen molar-refractivity contribution >= 4 is 0 Å². The summed E-state index contributed by atoms with van der Waals surface area (Å²) in [7, 11) is 0. The maximum atomic E-state index is 12.0. The van der Waals surface area contributed by atoms with Gasteiger partial charge in [-0.05, 0) is 12.8 Å². The highest BCUT2D eigenvalue weighted by molar-refractivity contribution is 5.11. The second kappa shape index (κ2) is 2.26. The molecule has 0 saturated heterocycles. The fourth-order valence-corrected chi connectivity index (χ4v) is 0.932. The summed E-state index contributed by atoms with van der Waals surface area (Å²) in [6, 6.07) is 0. The minimum atomic E-state index is -2.63. The van der Waals surface area contributed by atoms with Crippen LogP contribution in [-0.2, 0) is 5.60 Å². The molecule has 3 nitrogen and oxygen atoms in total. The van der Waals surface area contributed by atoms with E-state index in [-0.39, 0.29) is 5.89 Å². The summed E-state index contributed by atoms with van der Waals surface area (Å²) in [6.45, 7) is 0. The average molecular weight is 175 g/mol. The van der Waals surface area contributed by atoms with Crippen molar-refractivity contribution < 1.29 is 18.3 Å². The summed E-state index contributed by atoms with van der Waals surface area (Å²) in [5.41, 5.74) is -1.47. The molecule has 1 saturated carbocycles. The Morgan fingerprint density at radius 2 is 2.25 bits per heavy atom. The second-order valence-corrected chi connectivity index (χ2v) is 2.91. The Morgan fingerprint density at radius 1 is 1.58 bits per heavy atom. The fourth-order valence-electron chi connectivity index (χ4n) is 0.932. The van der Waals surface area contributed by atoms with Gasteiger partial charge in [-0.1, -0.05) is 0 Å². The van der Waals surface area contributed by atoms with Crippen LogP contribution in [0.25, 0.3) is 0 Å². The number of hydrogen-bond acceptors (Lipinski definition) is 3. The Bertz CT molecular complexity index is 293. The van der Waals surface area contributed by atoms with E-state index >= 15 is 0 Å². The zero-order valence-electron chi connectivity index (χ0n) is 6.13. The third-order valence-electron chi connectivity index (χ3n) is 1.87. The van der Waals surface area contributed by atoms with E-state index in [0.717, 1.165) is 6.26 Å². The molecule has 66 valence electrons. The van der Waals surface area contributed by atoms with Gasteiger partial charge in [-0.3, -0.25) is 0 Å². The van der Waals surface area contributed by atoms with E-state index in [1.807, 2.05) is 0 Å². The van der Waals surface area contributed by atoms with Crippen LogP contribution in [0, 0.1) is 0 Å². The number of nitrogens with zero attached hydrogens (tertiary/aromatic N) is 1. The Kier molecular flexibility index (Phi) is 1.44. The van der Waals surface area contributed by atoms with Crippen molar-refractivity contribution in [1.82, 2.24) is 4.98 Å². The highest BCUT2D eigenvalue weighted by Gasteiger charge is 2.47. The van der Waals surface area contributed by atoms with Crippen LogP contribution >= 0.6 is 0 Å². The predicted molar refractivity (Wildman–Crippen MR) is 34.6 cm³/mol. The van der Waals surface area contributed by atoms with E-state index in [1.165, 1.54) is 0 Å². The molecule has 0 aromatic carbocycles. The van der Waals surface area contributed by atoms with Crippen molar-refractivity contribution in [3.05, 3.63) is 17.8 Å². The number of rotatable bonds is 2. The minimum absolute atomic E-state index is 0.0119. The van der Waals surface area contributed by atoms with Crippen LogP contribution in [0.2, 0.25) is 0 Å². The molecule has 0 spiro atoms. The van der Waals surface area contributed by atoms with E-state index in [4.69, 9.17) is 4.42 Å². The summed E-state index contributed by atoms with van der Waals surface area (Å²) < 4.78 is 28.7. The summed E-state index contributed by atoms with van der Waals surface area (Å²) in [4.78, 5) is 3.48. The molecule has 0 unspecified atom stereocenters. The van der Waals surface area contributed by atoms with Crippen molar-refractivity contribution in [3.63, 3.8) is 0 Å². The van der Waals surface area contributed by atoms with Gasteiger partial charge in [0.1, 0.15) is 17.6 Å². The van der Waals surface area contributed by atoms with Gasteiger partial charge in [-0.2, -0.15) is 0 Å². The smallest absolute Gasteiger partial charge is 0.283 e. The quantitative estimate of drug-likeness (QED) is 0.742. The molecule has 1 aliphatic rings. The molecule has 0 amide bonds. The van der Waals surface area contributed by atoms with Crippen molar-refractivity contribution in [3.8, 4) is 0 Å². The van der Waals surface area contributed by atoms with Crippen molar-refractivity contribution in [2.45, 2.75) is 24.9 Å². The van der Waals surface area contributed by atoms with Gasteiger partial charge < -0.3 is 9.52 Å². The monoisotopic (exact) mass is 175 g/mol. The van der Waals surface area contributed by atoms with Crippen LogP contribution in [0.15, 0.2) is 10.7 Å². The molecule has 0 bridgehead atoms. The lowest BCUT2D eigenvalue weighted by molar-refractivity contribution is 0.116. The zero-order chi connectivity index (χ0) is 8.77. The third-order valence-corrected chi connectivity index (χ3v) is 1.87. The van der Waals surface area contributed by atoms with E-state index in [1.54, 1.807) is 0 Å². The first-order chi connectivity index (χ1) is 5.62. The van der Waals surface area contributed by atoms with Crippen molar-refractivity contribution in [2.75, 3.05) is 0 Å². The largest absolute Gasteiger partial charge is 0.445 e. The van der Waals surface area contributed by atoms with Crippen LogP contribution in [0.3, 0.4) is 0 Å². The second-order valence-electron chi connectivity index (χ2n) is 2.91. The van der Waals surface area contributed by atoms with E-state index in [9.17, 15) is 13.9 Å². The van der Waals surface area contributed by atoms with E-state index in [2.05, 4.69) is 4.98 Å². The van der Waals surface area contributed by atoms with Gasteiger partial charge in [0, 0.05) is 0 Å². The summed E-state index contributed by atoms with van der Waals surface area (Å²) in [6.07, 6.45) is -0.673. The molecule has 0 aliphatic heterocycles. The maximum absolute atomic E-state index is 12.0. The van der Waals surface area contributed by atoms with Gasteiger partial charge in [-0.15, -0.1) is 0 Å². The van der Waals surface area contributed by atoms with Gasteiger partial charge in [-0.25, -0.2) is 13.8 Å². The standard InChI is InChI=1S/C7H7F2NO2/c8-5(9)4-3-12-6(10-4)7(11)1-2-7/h3,5,11H,1-2H2. The van der Waals surface area contributed by atoms with Crippen molar-refractivity contribution in [1.29, 1.82) is 0 Å². The number of hydrogen-bond donors (Lipinski definition) is 1. The van der Waals surface area contributed by atoms with E-state index < -0.39 is 17.7 Å². The first kappa shape index (κ1) is 7.67. The number of halogens is 2. The first-order valence-electron chi connectivity index (χ1n) is 3.58.